The number of hydrogen-bond acceptors (Lipinski definition) is 4. The molecule has 160 valence electrons. The molecule has 0 saturated heterocycles. The van der Waals surface area contributed by atoms with Gasteiger partial charge in [-0.1, -0.05) is 46.0 Å². The van der Waals surface area contributed by atoms with E-state index in [1.54, 1.807) is 12.1 Å². The quantitative estimate of drug-likeness (QED) is 0.239. The second-order valence-corrected chi connectivity index (χ2v) is 11.5. The van der Waals surface area contributed by atoms with Crippen LogP contribution in [-0.4, -0.2) is 89.3 Å². The van der Waals surface area contributed by atoms with E-state index in [0.717, 1.165) is 12.3 Å². The Hall–Kier alpha value is 0.790. The Bertz CT molecular complexity index is 1130. The SMILES string of the molecule is CS(=O)(=O)c1cccc(C#CCSCc2ccc(C(F)(F)P(=O)(O)O)c(Br)c2)c1.[NaH].[NaH]. The van der Waals surface area contributed by atoms with E-state index in [1.807, 2.05) is 0 Å². The molecule has 0 aromatic heterocycles. The van der Waals surface area contributed by atoms with E-state index >= 15 is 0 Å². The van der Waals surface area contributed by atoms with Crippen LogP contribution in [0.25, 0.3) is 0 Å². The zero-order chi connectivity index (χ0) is 21.9. The molecule has 0 aliphatic rings. The van der Waals surface area contributed by atoms with Crippen LogP contribution in [0.15, 0.2) is 51.8 Å². The van der Waals surface area contributed by atoms with Gasteiger partial charge < -0.3 is 9.79 Å². The Kier molecular flexibility index (Phi) is 13.4. The first-order valence-electron chi connectivity index (χ1n) is 7.91. The topological polar surface area (TPSA) is 91.7 Å². The van der Waals surface area contributed by atoms with Crippen molar-refractivity contribution in [2.75, 3.05) is 12.0 Å². The molecule has 0 saturated carbocycles. The van der Waals surface area contributed by atoms with Gasteiger partial charge in [-0.15, -0.1) is 11.8 Å². The van der Waals surface area contributed by atoms with Crippen LogP contribution < -0.4 is 0 Å². The standard InChI is InChI=1S/C18H16BrF2O5PS2.2Na.2H/c1-29(25,26)15-6-2-4-13(10-15)5-3-9-28-12-14-7-8-16(17(19)11-14)18(20,21)27(22,23)24;;;;/h2,4,6-8,10-11H,9,12H2,1H3,(H2,22,23,24);;;;. The monoisotopic (exact) mass is 572 g/mol. The summed E-state index contributed by atoms with van der Waals surface area (Å²) in [6, 6.07) is 10.0. The summed E-state index contributed by atoms with van der Waals surface area (Å²) in [4.78, 5) is 17.9. The molecule has 2 N–H and O–H groups in total. The van der Waals surface area contributed by atoms with Crippen molar-refractivity contribution in [3.8, 4) is 11.8 Å². The predicted molar refractivity (Wildman–Crippen MR) is 127 cm³/mol. The second kappa shape index (κ2) is 13.0. The zero-order valence-electron chi connectivity index (χ0n) is 15.0. The maximum absolute atomic E-state index is 13.8. The number of alkyl halides is 2. The number of thioether (sulfide) groups is 1. The van der Waals surface area contributed by atoms with E-state index in [2.05, 4.69) is 27.8 Å². The third-order valence-electron chi connectivity index (χ3n) is 3.66. The van der Waals surface area contributed by atoms with Crippen molar-refractivity contribution < 1.29 is 31.6 Å². The van der Waals surface area contributed by atoms with Crippen molar-refractivity contribution in [3.05, 3.63) is 63.6 Å². The maximum atomic E-state index is 13.8. The van der Waals surface area contributed by atoms with Crippen LogP contribution in [0.4, 0.5) is 8.78 Å². The second-order valence-electron chi connectivity index (χ2n) is 5.99. The van der Waals surface area contributed by atoms with Crippen LogP contribution in [0, 0.1) is 11.8 Å². The Labute approximate surface area is 237 Å². The van der Waals surface area contributed by atoms with Gasteiger partial charge in [-0.25, -0.2) is 8.42 Å². The van der Waals surface area contributed by atoms with Crippen molar-refractivity contribution in [1.29, 1.82) is 0 Å². The molecule has 0 fully saturated rings. The molecule has 0 spiro atoms. The van der Waals surface area contributed by atoms with Gasteiger partial charge in [0.2, 0.25) is 0 Å². The number of rotatable bonds is 6. The van der Waals surface area contributed by atoms with Crippen LogP contribution >= 0.6 is 35.3 Å². The first-order chi connectivity index (χ1) is 13.3. The van der Waals surface area contributed by atoms with Crippen LogP contribution in [-0.2, 0) is 25.8 Å². The molecule has 0 aliphatic carbocycles. The molecule has 13 heteroatoms. The average molecular weight is 573 g/mol. The molecule has 0 heterocycles. The molecule has 0 radical (unpaired) electrons. The molecule has 0 atom stereocenters. The zero-order valence-corrected chi connectivity index (χ0v) is 19.1. The number of halogens is 3. The third-order valence-corrected chi connectivity index (χ3v) is 7.29. The van der Waals surface area contributed by atoms with E-state index in [-0.39, 0.29) is 68.5 Å². The fourth-order valence-electron chi connectivity index (χ4n) is 2.21. The van der Waals surface area contributed by atoms with Gasteiger partial charge in [-0.05, 0) is 29.8 Å². The van der Waals surface area contributed by atoms with Crippen LogP contribution in [0.2, 0.25) is 0 Å². The minimum absolute atomic E-state index is 0. The third kappa shape index (κ3) is 9.16. The molecular weight excluding hydrogens is 555 g/mol. The van der Waals surface area contributed by atoms with Gasteiger partial charge in [0.05, 0.1) is 10.6 Å². The van der Waals surface area contributed by atoms with E-state index in [4.69, 9.17) is 9.79 Å². The van der Waals surface area contributed by atoms with Crippen molar-refractivity contribution in [3.63, 3.8) is 0 Å². The van der Waals surface area contributed by atoms with Crippen molar-refractivity contribution >= 4 is 104 Å². The van der Waals surface area contributed by atoms with Crippen molar-refractivity contribution in [1.82, 2.24) is 0 Å². The van der Waals surface area contributed by atoms with Crippen LogP contribution in [0.5, 0.6) is 0 Å². The van der Waals surface area contributed by atoms with E-state index in [1.165, 1.54) is 36.0 Å². The number of hydrogen-bond donors (Lipinski definition) is 2. The predicted octanol–water partition coefficient (Wildman–Crippen LogP) is 3.07. The van der Waals surface area contributed by atoms with Gasteiger partial charge in [0.1, 0.15) is 0 Å². The molecule has 0 unspecified atom stereocenters. The molecule has 2 aromatic carbocycles. The van der Waals surface area contributed by atoms with Gasteiger partial charge >= 0.3 is 72.4 Å². The Morgan fingerprint density at radius 1 is 1.16 bits per heavy atom. The molecule has 0 bridgehead atoms. The van der Waals surface area contributed by atoms with E-state index in [0.29, 0.717) is 22.6 Å². The molecule has 5 nitrogen and oxygen atoms in total. The first kappa shape index (κ1) is 31.8. The summed E-state index contributed by atoms with van der Waals surface area (Å²) in [5.74, 6) is 6.63. The van der Waals surface area contributed by atoms with Gasteiger partial charge in [0, 0.05) is 27.6 Å². The Balaban J connectivity index is 0.00000450. The Morgan fingerprint density at radius 2 is 1.81 bits per heavy atom. The number of sulfone groups is 1. The normalized spacial score (nSPS) is 11.5. The molecule has 2 aromatic rings. The average Bonchev–Trinajstić information content (AvgIpc) is 2.60. The van der Waals surface area contributed by atoms with Crippen LogP contribution in [0.1, 0.15) is 16.7 Å². The van der Waals surface area contributed by atoms with Gasteiger partial charge in [0.15, 0.2) is 9.84 Å². The molecular formula is C18H18BrF2Na2O5PS2. The van der Waals surface area contributed by atoms with Crippen molar-refractivity contribution in [2.24, 2.45) is 0 Å². The van der Waals surface area contributed by atoms with Crippen LogP contribution in [0.3, 0.4) is 0 Å². The summed E-state index contributed by atoms with van der Waals surface area (Å²) >= 11 is 4.35. The Morgan fingerprint density at radius 3 is 2.35 bits per heavy atom. The summed E-state index contributed by atoms with van der Waals surface area (Å²) in [7, 11) is -8.93. The summed E-state index contributed by atoms with van der Waals surface area (Å²) in [6.45, 7) is 0. The molecule has 0 aliphatic heterocycles. The van der Waals surface area contributed by atoms with E-state index in [9.17, 15) is 21.8 Å². The van der Waals surface area contributed by atoms with E-state index < -0.39 is 28.7 Å². The van der Waals surface area contributed by atoms with Crippen molar-refractivity contribution in [2.45, 2.75) is 16.3 Å². The summed E-state index contributed by atoms with van der Waals surface area (Å²) in [5, 5.41) is 0. The number of benzene rings is 2. The molecule has 31 heavy (non-hydrogen) atoms. The fourth-order valence-corrected chi connectivity index (χ4v) is 4.91. The van der Waals surface area contributed by atoms with Gasteiger partial charge in [0.25, 0.3) is 0 Å². The minimum atomic E-state index is -5.63. The summed E-state index contributed by atoms with van der Waals surface area (Å²) in [5.41, 5.74) is -3.80. The summed E-state index contributed by atoms with van der Waals surface area (Å²) < 4.78 is 61.6. The van der Waals surface area contributed by atoms with Gasteiger partial charge in [-0.2, -0.15) is 8.78 Å². The summed E-state index contributed by atoms with van der Waals surface area (Å²) in [6.07, 6.45) is 1.12. The molecule has 0 amide bonds. The fraction of sp³-hybridized carbons (Fsp3) is 0.222. The first-order valence-corrected chi connectivity index (χ1v) is 13.4. The molecule has 2 rings (SSSR count). The van der Waals surface area contributed by atoms with Gasteiger partial charge in [-0.3, -0.25) is 4.57 Å².